The van der Waals surface area contributed by atoms with E-state index in [1.54, 1.807) is 6.08 Å². The number of nitrogens with one attached hydrogen (secondary N) is 2. The van der Waals surface area contributed by atoms with Crippen LogP contribution < -0.4 is 10.6 Å². The van der Waals surface area contributed by atoms with E-state index in [9.17, 15) is 4.79 Å². The fourth-order valence-electron chi connectivity index (χ4n) is 0.589. The second-order valence-electron chi connectivity index (χ2n) is 2.26. The van der Waals surface area contributed by atoms with Crippen molar-refractivity contribution < 1.29 is 4.79 Å². The molecule has 0 rings (SSSR count). The maximum absolute atomic E-state index is 10.8. The second-order valence-corrected chi connectivity index (χ2v) is 2.26. The quantitative estimate of drug-likeness (QED) is 0.457. The van der Waals surface area contributed by atoms with Gasteiger partial charge in [0.2, 0.25) is 0 Å². The highest BCUT2D eigenvalue weighted by atomic mass is 16.2. The van der Waals surface area contributed by atoms with Gasteiger partial charge in [-0.25, -0.2) is 4.79 Å². The topological polar surface area (TPSA) is 41.1 Å². The van der Waals surface area contributed by atoms with Crippen LogP contribution >= 0.6 is 0 Å². The normalized spacial score (nSPS) is 8.82. The third kappa shape index (κ3) is 6.90. The number of urea groups is 1. The third-order valence-corrected chi connectivity index (χ3v) is 1.17. The monoisotopic (exact) mass is 156 g/mol. The van der Waals surface area contributed by atoms with E-state index >= 15 is 0 Å². The van der Waals surface area contributed by atoms with Gasteiger partial charge in [-0.1, -0.05) is 13.0 Å². The lowest BCUT2D eigenvalue weighted by Gasteiger charge is -2.03. The van der Waals surface area contributed by atoms with Crippen LogP contribution in [0.2, 0.25) is 0 Å². The Bertz CT molecular complexity index is 123. The summed E-state index contributed by atoms with van der Waals surface area (Å²) in [5, 5.41) is 5.40. The molecule has 3 heteroatoms. The van der Waals surface area contributed by atoms with E-state index in [0.717, 1.165) is 19.4 Å². The molecule has 0 heterocycles. The number of amides is 2. The van der Waals surface area contributed by atoms with E-state index in [-0.39, 0.29) is 6.03 Å². The summed E-state index contributed by atoms with van der Waals surface area (Å²) in [6.07, 6.45) is 3.56. The molecule has 0 radical (unpaired) electrons. The van der Waals surface area contributed by atoms with Crippen LogP contribution in [0.3, 0.4) is 0 Å². The molecule has 0 bridgehead atoms. The molecule has 2 N–H and O–H groups in total. The average Bonchev–Trinajstić information content (AvgIpc) is 2.01. The molecule has 3 nitrogen and oxygen atoms in total. The third-order valence-electron chi connectivity index (χ3n) is 1.17. The number of carbonyl (C=O) groups is 1. The van der Waals surface area contributed by atoms with Crippen molar-refractivity contribution in [3.8, 4) is 0 Å². The molecule has 0 unspecified atom stereocenters. The van der Waals surface area contributed by atoms with Crippen molar-refractivity contribution >= 4 is 6.03 Å². The highest BCUT2D eigenvalue weighted by molar-refractivity contribution is 5.73. The molecule has 11 heavy (non-hydrogen) atoms. The summed E-state index contributed by atoms with van der Waals surface area (Å²) in [7, 11) is 0. The van der Waals surface area contributed by atoms with E-state index in [1.165, 1.54) is 0 Å². The number of rotatable bonds is 5. The van der Waals surface area contributed by atoms with Gasteiger partial charge in [0.1, 0.15) is 0 Å². The van der Waals surface area contributed by atoms with E-state index in [1.807, 2.05) is 6.92 Å². The van der Waals surface area contributed by atoms with Crippen molar-refractivity contribution in [1.29, 1.82) is 0 Å². The minimum absolute atomic E-state index is 0.0892. The standard InChI is InChI=1S/C8H16N2O/c1-3-5-7-10-8(11)9-6-4-2/h3H,1,4-7H2,2H3,(H2,9,10,11). The minimum Gasteiger partial charge on any atom is -0.338 e. The van der Waals surface area contributed by atoms with Gasteiger partial charge in [0.05, 0.1) is 0 Å². The average molecular weight is 156 g/mol. The van der Waals surface area contributed by atoms with E-state index in [2.05, 4.69) is 17.2 Å². The van der Waals surface area contributed by atoms with Crippen molar-refractivity contribution in [2.24, 2.45) is 0 Å². The first-order valence-electron chi connectivity index (χ1n) is 3.93. The van der Waals surface area contributed by atoms with Crippen LogP contribution in [0.25, 0.3) is 0 Å². The van der Waals surface area contributed by atoms with Gasteiger partial charge in [0.15, 0.2) is 0 Å². The molecule has 0 spiro atoms. The maximum atomic E-state index is 10.8. The molecule has 0 aliphatic rings. The van der Waals surface area contributed by atoms with Crippen molar-refractivity contribution in [2.45, 2.75) is 19.8 Å². The summed E-state index contributed by atoms with van der Waals surface area (Å²) in [6.45, 7) is 6.97. The van der Waals surface area contributed by atoms with Crippen LogP contribution in [0.4, 0.5) is 4.79 Å². The lowest BCUT2D eigenvalue weighted by molar-refractivity contribution is 0.241. The van der Waals surface area contributed by atoms with Crippen molar-refractivity contribution in [1.82, 2.24) is 10.6 Å². The van der Waals surface area contributed by atoms with Crippen LogP contribution in [0.5, 0.6) is 0 Å². The summed E-state index contributed by atoms with van der Waals surface area (Å²) >= 11 is 0. The van der Waals surface area contributed by atoms with Crippen molar-refractivity contribution in [2.75, 3.05) is 13.1 Å². The molecule has 0 aliphatic heterocycles. The first-order valence-corrected chi connectivity index (χ1v) is 3.93. The molecule has 0 aromatic heterocycles. The van der Waals surface area contributed by atoms with Gasteiger partial charge in [0.25, 0.3) is 0 Å². The summed E-state index contributed by atoms with van der Waals surface area (Å²) in [6, 6.07) is -0.0892. The molecule has 0 aliphatic carbocycles. The zero-order valence-electron chi connectivity index (χ0n) is 7.02. The first kappa shape index (κ1) is 10.0. The Morgan fingerprint density at radius 1 is 1.45 bits per heavy atom. The van der Waals surface area contributed by atoms with Crippen molar-refractivity contribution in [3.63, 3.8) is 0 Å². The molecule has 2 amide bonds. The van der Waals surface area contributed by atoms with Crippen LogP contribution in [0.15, 0.2) is 12.7 Å². The van der Waals surface area contributed by atoms with Gasteiger partial charge in [-0.05, 0) is 12.8 Å². The zero-order valence-corrected chi connectivity index (χ0v) is 7.02. The Hall–Kier alpha value is -0.990. The molecule has 0 aromatic carbocycles. The molecular formula is C8H16N2O. The maximum Gasteiger partial charge on any atom is 0.314 e. The lowest BCUT2D eigenvalue weighted by atomic mass is 10.4. The van der Waals surface area contributed by atoms with Crippen LogP contribution in [0.1, 0.15) is 19.8 Å². The van der Waals surface area contributed by atoms with Crippen molar-refractivity contribution in [3.05, 3.63) is 12.7 Å². The Balaban J connectivity index is 3.15. The molecule has 0 atom stereocenters. The van der Waals surface area contributed by atoms with Gasteiger partial charge in [-0.2, -0.15) is 0 Å². The Morgan fingerprint density at radius 2 is 2.09 bits per heavy atom. The molecule has 0 saturated heterocycles. The fourth-order valence-corrected chi connectivity index (χ4v) is 0.589. The van der Waals surface area contributed by atoms with E-state index in [4.69, 9.17) is 0 Å². The number of carbonyl (C=O) groups excluding carboxylic acids is 1. The van der Waals surface area contributed by atoms with E-state index in [0.29, 0.717) is 6.54 Å². The Kier molecular flexibility index (Phi) is 6.48. The fraction of sp³-hybridized carbons (Fsp3) is 0.625. The van der Waals surface area contributed by atoms with Crippen LogP contribution in [-0.2, 0) is 0 Å². The highest BCUT2D eigenvalue weighted by Crippen LogP contribution is 1.76. The molecular weight excluding hydrogens is 140 g/mol. The Labute approximate surface area is 67.9 Å². The van der Waals surface area contributed by atoms with Gasteiger partial charge in [-0.3, -0.25) is 0 Å². The molecule has 0 aromatic rings. The number of hydrogen-bond donors (Lipinski definition) is 2. The van der Waals surface area contributed by atoms with Gasteiger partial charge in [0, 0.05) is 13.1 Å². The van der Waals surface area contributed by atoms with Gasteiger partial charge >= 0.3 is 6.03 Å². The smallest absolute Gasteiger partial charge is 0.314 e. The highest BCUT2D eigenvalue weighted by Gasteiger charge is 1.94. The predicted octanol–water partition coefficient (Wildman–Crippen LogP) is 1.27. The molecule has 0 fully saturated rings. The van der Waals surface area contributed by atoms with Gasteiger partial charge < -0.3 is 10.6 Å². The first-order chi connectivity index (χ1) is 5.31. The summed E-state index contributed by atoms with van der Waals surface area (Å²) in [5.74, 6) is 0. The number of hydrogen-bond acceptors (Lipinski definition) is 1. The summed E-state index contributed by atoms with van der Waals surface area (Å²) < 4.78 is 0. The zero-order chi connectivity index (χ0) is 8.53. The lowest BCUT2D eigenvalue weighted by Crippen LogP contribution is -2.36. The van der Waals surface area contributed by atoms with Crippen LogP contribution in [-0.4, -0.2) is 19.1 Å². The largest absolute Gasteiger partial charge is 0.338 e. The molecule has 64 valence electrons. The predicted molar refractivity (Wildman–Crippen MR) is 46.5 cm³/mol. The SMILES string of the molecule is C=CCCNC(=O)NCCC. The second kappa shape index (κ2) is 7.12. The van der Waals surface area contributed by atoms with Gasteiger partial charge in [-0.15, -0.1) is 6.58 Å². The van der Waals surface area contributed by atoms with Crippen LogP contribution in [0, 0.1) is 0 Å². The summed E-state index contributed by atoms with van der Waals surface area (Å²) in [5.41, 5.74) is 0. The Morgan fingerprint density at radius 3 is 2.64 bits per heavy atom. The summed E-state index contributed by atoms with van der Waals surface area (Å²) in [4.78, 5) is 10.8. The van der Waals surface area contributed by atoms with E-state index < -0.39 is 0 Å². The molecule has 0 saturated carbocycles. The minimum atomic E-state index is -0.0892.